The van der Waals surface area contributed by atoms with Gasteiger partial charge in [0, 0.05) is 17.5 Å². The molecule has 2 nitrogen and oxygen atoms in total. The first-order valence-corrected chi connectivity index (χ1v) is 4.05. The molecule has 0 radical (unpaired) electrons. The molecule has 0 aliphatic heterocycles. The highest BCUT2D eigenvalue weighted by Gasteiger charge is 2.01. The number of terminal acetylenes is 1. The summed E-state index contributed by atoms with van der Waals surface area (Å²) in [6.07, 6.45) is 5.23. The second-order valence-electron chi connectivity index (χ2n) is 2.52. The van der Waals surface area contributed by atoms with E-state index in [-0.39, 0.29) is 5.91 Å². The van der Waals surface area contributed by atoms with E-state index in [1.165, 1.54) is 6.92 Å². The number of anilines is 1. The fourth-order valence-electron chi connectivity index (χ4n) is 0.935. The number of carbonyl (C=O) groups excluding carboxylic acids is 1. The number of hydrogen-bond acceptors (Lipinski definition) is 1. The molecular formula is C10H8ClNO. The minimum atomic E-state index is -0.168. The van der Waals surface area contributed by atoms with Gasteiger partial charge in [0.25, 0.3) is 0 Å². The molecule has 0 aromatic heterocycles. The van der Waals surface area contributed by atoms with Crippen molar-refractivity contribution in [3.63, 3.8) is 0 Å². The number of carbonyl (C=O) groups is 1. The van der Waals surface area contributed by atoms with E-state index in [4.69, 9.17) is 18.0 Å². The van der Waals surface area contributed by atoms with Crippen LogP contribution in [0.3, 0.4) is 0 Å². The Kier molecular flexibility index (Phi) is 2.94. The molecule has 1 N–H and O–H groups in total. The van der Waals surface area contributed by atoms with Gasteiger partial charge in [0.05, 0.1) is 5.69 Å². The van der Waals surface area contributed by atoms with E-state index in [2.05, 4.69) is 11.2 Å². The maximum atomic E-state index is 10.8. The van der Waals surface area contributed by atoms with Crippen LogP contribution >= 0.6 is 11.6 Å². The van der Waals surface area contributed by atoms with Gasteiger partial charge in [0.15, 0.2) is 0 Å². The van der Waals surface area contributed by atoms with Gasteiger partial charge in [0.1, 0.15) is 0 Å². The zero-order valence-corrected chi connectivity index (χ0v) is 7.85. The van der Waals surface area contributed by atoms with Crippen LogP contribution in [0.2, 0.25) is 5.02 Å². The summed E-state index contributed by atoms with van der Waals surface area (Å²) in [4.78, 5) is 10.8. The lowest BCUT2D eigenvalue weighted by molar-refractivity contribution is -0.114. The zero-order chi connectivity index (χ0) is 9.84. The Morgan fingerprint density at radius 2 is 2.31 bits per heavy atom. The Balaban J connectivity index is 3.10. The van der Waals surface area contributed by atoms with Gasteiger partial charge in [-0.25, -0.2) is 0 Å². The number of benzene rings is 1. The van der Waals surface area contributed by atoms with Crippen molar-refractivity contribution in [3.8, 4) is 12.3 Å². The third kappa shape index (κ3) is 2.50. The van der Waals surface area contributed by atoms with Gasteiger partial charge >= 0.3 is 0 Å². The second-order valence-corrected chi connectivity index (χ2v) is 2.95. The first-order chi connectivity index (χ1) is 6.13. The number of halogens is 1. The smallest absolute Gasteiger partial charge is 0.221 e. The highest BCUT2D eigenvalue weighted by Crippen LogP contribution is 2.19. The average Bonchev–Trinajstić information content (AvgIpc) is 2.03. The van der Waals surface area contributed by atoms with Gasteiger partial charge in [-0.15, -0.1) is 6.42 Å². The van der Waals surface area contributed by atoms with Crippen molar-refractivity contribution in [2.45, 2.75) is 6.92 Å². The topological polar surface area (TPSA) is 29.1 Å². The first-order valence-electron chi connectivity index (χ1n) is 3.67. The van der Waals surface area contributed by atoms with Crippen LogP contribution in [0.5, 0.6) is 0 Å². The summed E-state index contributed by atoms with van der Waals surface area (Å²) in [5, 5.41) is 3.14. The van der Waals surface area contributed by atoms with Crippen LogP contribution in [-0.4, -0.2) is 5.91 Å². The largest absolute Gasteiger partial charge is 0.325 e. The average molecular weight is 194 g/mol. The normalized spacial score (nSPS) is 9.00. The van der Waals surface area contributed by atoms with Gasteiger partial charge in [-0.05, 0) is 18.2 Å². The van der Waals surface area contributed by atoms with Crippen LogP contribution in [0, 0.1) is 12.3 Å². The van der Waals surface area contributed by atoms with Crippen LogP contribution < -0.4 is 5.32 Å². The molecule has 0 saturated carbocycles. The number of rotatable bonds is 1. The van der Waals surface area contributed by atoms with Crippen molar-refractivity contribution in [2.75, 3.05) is 5.32 Å². The minimum absolute atomic E-state index is 0.168. The lowest BCUT2D eigenvalue weighted by Gasteiger charge is -2.04. The van der Waals surface area contributed by atoms with Gasteiger partial charge < -0.3 is 5.32 Å². The molecule has 0 saturated heterocycles. The van der Waals surface area contributed by atoms with Crippen molar-refractivity contribution in [3.05, 3.63) is 28.8 Å². The highest BCUT2D eigenvalue weighted by atomic mass is 35.5. The van der Waals surface area contributed by atoms with Crippen LogP contribution in [0.1, 0.15) is 12.5 Å². The highest BCUT2D eigenvalue weighted by molar-refractivity contribution is 6.31. The molecule has 0 heterocycles. The van der Waals surface area contributed by atoms with Gasteiger partial charge in [0.2, 0.25) is 5.91 Å². The third-order valence-electron chi connectivity index (χ3n) is 1.45. The Morgan fingerprint density at radius 1 is 1.62 bits per heavy atom. The van der Waals surface area contributed by atoms with E-state index in [0.29, 0.717) is 16.3 Å². The Morgan fingerprint density at radius 3 is 2.85 bits per heavy atom. The first kappa shape index (κ1) is 9.63. The predicted octanol–water partition coefficient (Wildman–Crippen LogP) is 2.28. The van der Waals surface area contributed by atoms with E-state index in [0.717, 1.165) is 0 Å². The molecule has 0 spiro atoms. The molecule has 0 atom stereocenters. The molecule has 0 unspecified atom stereocenters. The molecule has 66 valence electrons. The van der Waals surface area contributed by atoms with E-state index in [1.54, 1.807) is 18.2 Å². The van der Waals surface area contributed by atoms with E-state index in [9.17, 15) is 4.79 Å². The zero-order valence-electron chi connectivity index (χ0n) is 7.10. The summed E-state index contributed by atoms with van der Waals surface area (Å²) < 4.78 is 0. The summed E-state index contributed by atoms with van der Waals surface area (Å²) in [5.41, 5.74) is 1.20. The fraction of sp³-hybridized carbons (Fsp3) is 0.100. The third-order valence-corrected chi connectivity index (χ3v) is 1.68. The lowest BCUT2D eigenvalue weighted by atomic mass is 10.2. The summed E-state index contributed by atoms with van der Waals surface area (Å²) in [7, 11) is 0. The van der Waals surface area contributed by atoms with Crippen LogP contribution in [0.15, 0.2) is 18.2 Å². The van der Waals surface area contributed by atoms with Crippen molar-refractivity contribution >= 4 is 23.2 Å². The molecule has 1 rings (SSSR count). The minimum Gasteiger partial charge on any atom is -0.325 e. The maximum absolute atomic E-state index is 10.8. The molecule has 1 aromatic carbocycles. The van der Waals surface area contributed by atoms with E-state index < -0.39 is 0 Å². The molecule has 1 aromatic rings. The van der Waals surface area contributed by atoms with Crippen molar-refractivity contribution in [1.29, 1.82) is 0 Å². The molecule has 0 aliphatic carbocycles. The quantitative estimate of drug-likeness (QED) is 0.682. The number of nitrogens with one attached hydrogen (secondary N) is 1. The summed E-state index contributed by atoms with van der Waals surface area (Å²) in [6, 6.07) is 4.99. The SMILES string of the molecule is C#Cc1ccc(Cl)cc1NC(C)=O. The summed E-state index contributed by atoms with van der Waals surface area (Å²) >= 11 is 5.74. The maximum Gasteiger partial charge on any atom is 0.221 e. The molecule has 1 amide bonds. The molecule has 3 heteroatoms. The monoisotopic (exact) mass is 193 g/mol. The molecular weight excluding hydrogens is 186 g/mol. The van der Waals surface area contributed by atoms with Crippen molar-refractivity contribution < 1.29 is 4.79 Å². The molecule has 0 fully saturated rings. The Labute approximate surface area is 81.9 Å². The summed E-state index contributed by atoms with van der Waals surface area (Å²) in [6.45, 7) is 1.42. The predicted molar refractivity (Wildman–Crippen MR) is 53.7 cm³/mol. The van der Waals surface area contributed by atoms with Crippen LogP contribution in [0.4, 0.5) is 5.69 Å². The lowest BCUT2D eigenvalue weighted by Crippen LogP contribution is -2.07. The van der Waals surface area contributed by atoms with Crippen molar-refractivity contribution in [2.24, 2.45) is 0 Å². The van der Waals surface area contributed by atoms with Gasteiger partial charge in [-0.3, -0.25) is 4.79 Å². The van der Waals surface area contributed by atoms with E-state index >= 15 is 0 Å². The van der Waals surface area contributed by atoms with Crippen LogP contribution in [-0.2, 0) is 4.79 Å². The Hall–Kier alpha value is -1.46. The van der Waals surface area contributed by atoms with Gasteiger partial charge in [-0.2, -0.15) is 0 Å². The van der Waals surface area contributed by atoms with E-state index in [1.807, 2.05) is 0 Å². The van der Waals surface area contributed by atoms with Gasteiger partial charge in [-0.1, -0.05) is 17.5 Å². The van der Waals surface area contributed by atoms with Crippen molar-refractivity contribution in [1.82, 2.24) is 0 Å². The van der Waals surface area contributed by atoms with Crippen LogP contribution in [0.25, 0.3) is 0 Å². The fourth-order valence-corrected chi connectivity index (χ4v) is 1.11. The molecule has 0 aliphatic rings. The molecule has 0 bridgehead atoms. The number of hydrogen-bond donors (Lipinski definition) is 1. The standard InChI is InChI=1S/C10H8ClNO/c1-3-8-4-5-9(11)6-10(8)12-7(2)13/h1,4-6H,2H3,(H,12,13). The summed E-state index contributed by atoms with van der Waals surface area (Å²) in [5.74, 6) is 2.29. The Bertz CT molecular complexity index is 379. The number of amides is 1. The molecule has 13 heavy (non-hydrogen) atoms. The second kappa shape index (κ2) is 3.97.